The van der Waals surface area contributed by atoms with Crippen LogP contribution in [0, 0.1) is 23.3 Å². The molecule has 0 atom stereocenters. The maximum absolute atomic E-state index is 15.0. The van der Waals surface area contributed by atoms with E-state index in [4.69, 9.17) is 25.7 Å². The SMILES string of the molecule is COc1cc(Oc2ccc(C(F)(F)F)c(F)c2C(=O)Nc2ccc(F)c(C(N)=O)c2)ccc1OC(F)(F)F.NC(=O)c1cc(NC(=O)c2c(Oc3ccc(OC(F)(F)F)c(O)c3)ccc(C(F)(F)F)c2F)ccc1F. The molecular weight excluding hydrogens is 1060 g/mol. The fourth-order valence-electron chi connectivity index (χ4n) is 6.06. The van der Waals surface area contributed by atoms with Crippen molar-refractivity contribution in [3.8, 4) is 46.0 Å². The van der Waals surface area contributed by atoms with Crippen molar-refractivity contribution in [2.75, 3.05) is 17.7 Å². The van der Waals surface area contributed by atoms with Crippen LogP contribution in [0.15, 0.2) is 97.1 Å². The zero-order valence-corrected chi connectivity index (χ0v) is 36.6. The third-order valence-electron chi connectivity index (χ3n) is 9.22. The summed E-state index contributed by atoms with van der Waals surface area (Å²) in [5.74, 6) is -17.7. The van der Waals surface area contributed by atoms with Crippen molar-refractivity contribution in [3.63, 3.8) is 0 Å². The number of anilines is 2. The monoisotopic (exact) mass is 1090 g/mol. The molecule has 0 bridgehead atoms. The molecule has 0 aliphatic carbocycles. The van der Waals surface area contributed by atoms with E-state index in [0.717, 1.165) is 61.7 Å². The maximum Gasteiger partial charge on any atom is 0.573 e. The number of phenols is 1. The van der Waals surface area contributed by atoms with Gasteiger partial charge in [-0.2, -0.15) is 26.3 Å². The van der Waals surface area contributed by atoms with Gasteiger partial charge in [0.25, 0.3) is 23.6 Å². The molecule has 6 aromatic rings. The van der Waals surface area contributed by atoms with E-state index in [1.54, 1.807) is 0 Å². The fourth-order valence-corrected chi connectivity index (χ4v) is 6.06. The average molecular weight is 1090 g/mol. The molecule has 6 rings (SSSR count). The molecule has 30 heteroatoms. The third kappa shape index (κ3) is 14.5. The summed E-state index contributed by atoms with van der Waals surface area (Å²) < 4.78 is 234. The number of methoxy groups -OCH3 is 1. The van der Waals surface area contributed by atoms with Crippen LogP contribution >= 0.6 is 0 Å². The zero-order valence-electron chi connectivity index (χ0n) is 36.6. The van der Waals surface area contributed by atoms with Gasteiger partial charge in [0.05, 0.1) is 29.4 Å². The molecule has 0 radical (unpaired) electrons. The molecule has 14 nitrogen and oxygen atoms in total. The van der Waals surface area contributed by atoms with E-state index in [1.165, 1.54) is 0 Å². The minimum atomic E-state index is -5.25. The topological polar surface area (TPSA) is 211 Å². The van der Waals surface area contributed by atoms with Gasteiger partial charge in [0.1, 0.15) is 45.8 Å². The Kier molecular flexibility index (Phi) is 16.6. The second kappa shape index (κ2) is 21.9. The molecule has 4 amide bonds. The van der Waals surface area contributed by atoms with Crippen molar-refractivity contribution in [1.29, 1.82) is 0 Å². The standard InChI is InChI=1S/C23H14F8N2O5.C22H12F8N2O5/c1-36-17-9-11(3-6-15(17)38-23(29,30)31)37-16-7-4-13(22(26,27)28)19(25)18(16)21(35)33-10-2-5-14(24)12(8-10)20(32)34;23-13-4-1-9(7-11(13)19(31)34)32-20(35)17-16(6-3-12(18(17)24)21(25,26)27)36-10-2-5-15(14(33)8-10)37-22(28,29)30/h2-9H,1H3,(H2,32,34)(H,33,35);1-8,33H,(H2,31,34)(H,32,35). The number of nitrogens with two attached hydrogens (primary N) is 2. The normalized spacial score (nSPS) is 11.6. The number of carbonyl (C=O) groups is 4. The van der Waals surface area contributed by atoms with E-state index in [1.807, 2.05) is 10.6 Å². The van der Waals surface area contributed by atoms with Crippen molar-refractivity contribution in [1.82, 2.24) is 0 Å². The maximum atomic E-state index is 15.0. The number of carbonyl (C=O) groups excluding carboxylic acids is 4. The van der Waals surface area contributed by atoms with Crippen molar-refractivity contribution in [2.24, 2.45) is 11.5 Å². The number of halogens is 16. The van der Waals surface area contributed by atoms with Gasteiger partial charge >= 0.3 is 25.1 Å². The molecule has 75 heavy (non-hydrogen) atoms. The Hall–Kier alpha value is -9.12. The Bertz CT molecular complexity index is 3180. The number of hydrogen-bond donors (Lipinski definition) is 5. The van der Waals surface area contributed by atoms with E-state index in [-0.39, 0.29) is 29.3 Å². The van der Waals surface area contributed by atoms with Gasteiger partial charge in [-0.3, -0.25) is 19.2 Å². The molecule has 0 unspecified atom stereocenters. The first-order valence-electron chi connectivity index (χ1n) is 19.7. The van der Waals surface area contributed by atoms with Gasteiger partial charge in [-0.05, 0) is 84.9 Å². The number of hydrogen-bond acceptors (Lipinski definition) is 10. The number of aromatic hydroxyl groups is 1. The molecule has 0 saturated heterocycles. The number of alkyl halides is 12. The first kappa shape index (κ1) is 56.8. The fraction of sp³-hybridized carbons (Fsp3) is 0.111. The van der Waals surface area contributed by atoms with Crippen LogP contribution in [-0.2, 0) is 12.4 Å². The molecule has 0 spiro atoms. The van der Waals surface area contributed by atoms with Crippen LogP contribution in [0.3, 0.4) is 0 Å². The van der Waals surface area contributed by atoms with Gasteiger partial charge in [-0.15, -0.1) is 26.3 Å². The Labute approximate surface area is 406 Å². The first-order chi connectivity index (χ1) is 34.7. The molecular formula is C45H26F16N4O10. The number of ether oxygens (including phenoxy) is 5. The largest absolute Gasteiger partial charge is 0.573 e. The minimum Gasteiger partial charge on any atom is -0.504 e. The first-order valence-corrected chi connectivity index (χ1v) is 19.7. The van der Waals surface area contributed by atoms with Crippen LogP contribution in [-0.4, -0.2) is 48.6 Å². The number of benzene rings is 6. The van der Waals surface area contributed by atoms with E-state index in [9.17, 15) is 94.5 Å². The molecule has 6 aromatic carbocycles. The van der Waals surface area contributed by atoms with Gasteiger partial charge < -0.3 is 50.9 Å². The van der Waals surface area contributed by atoms with Crippen molar-refractivity contribution in [3.05, 3.63) is 154 Å². The van der Waals surface area contributed by atoms with Crippen LogP contribution < -0.4 is 45.8 Å². The summed E-state index contributed by atoms with van der Waals surface area (Å²) in [4.78, 5) is 48.2. The Morgan fingerprint density at radius 1 is 0.480 bits per heavy atom. The Balaban J connectivity index is 0.000000277. The van der Waals surface area contributed by atoms with Crippen LogP contribution in [0.2, 0.25) is 0 Å². The summed E-state index contributed by atoms with van der Waals surface area (Å²) in [6.07, 6.45) is -20.7. The summed E-state index contributed by atoms with van der Waals surface area (Å²) in [6, 6.07) is 10.9. The number of phenolic OH excluding ortho intramolecular Hbond substituents is 1. The van der Waals surface area contributed by atoms with Crippen LogP contribution in [0.1, 0.15) is 52.6 Å². The molecule has 0 aliphatic heterocycles. The van der Waals surface area contributed by atoms with E-state index in [2.05, 4.69) is 9.47 Å². The predicted octanol–water partition coefficient (Wildman–Crippen LogP) is 11.8. The average Bonchev–Trinajstić information content (AvgIpc) is 3.27. The van der Waals surface area contributed by atoms with E-state index >= 15 is 0 Å². The summed E-state index contributed by atoms with van der Waals surface area (Å²) in [6.45, 7) is 0. The minimum absolute atomic E-state index is 0.242. The lowest BCUT2D eigenvalue weighted by atomic mass is 10.1. The lowest BCUT2D eigenvalue weighted by molar-refractivity contribution is -0.276. The quantitative estimate of drug-likeness (QED) is 0.0691. The van der Waals surface area contributed by atoms with Gasteiger partial charge in [0.2, 0.25) is 0 Å². The number of rotatable bonds is 13. The Morgan fingerprint density at radius 3 is 1.21 bits per heavy atom. The second-order valence-electron chi connectivity index (χ2n) is 14.4. The van der Waals surface area contributed by atoms with Gasteiger partial charge in [0, 0.05) is 23.5 Å². The molecule has 0 saturated carbocycles. The van der Waals surface area contributed by atoms with E-state index < -0.39 is 146 Å². The molecule has 0 aliphatic rings. The lowest BCUT2D eigenvalue weighted by Gasteiger charge is -2.17. The highest BCUT2D eigenvalue weighted by Gasteiger charge is 2.40. The van der Waals surface area contributed by atoms with Gasteiger partial charge in [-0.25, -0.2) is 17.6 Å². The number of primary amides is 2. The van der Waals surface area contributed by atoms with E-state index in [0.29, 0.717) is 30.3 Å². The highest BCUT2D eigenvalue weighted by atomic mass is 19.4. The molecule has 0 aromatic heterocycles. The zero-order chi connectivity index (χ0) is 56.1. The number of nitrogens with one attached hydrogen (secondary N) is 2. The summed E-state index contributed by atoms with van der Waals surface area (Å²) >= 11 is 0. The van der Waals surface area contributed by atoms with Crippen molar-refractivity contribution < 1.29 is 118 Å². The predicted molar refractivity (Wildman–Crippen MR) is 223 cm³/mol. The lowest BCUT2D eigenvalue weighted by Crippen LogP contribution is -2.19. The van der Waals surface area contributed by atoms with Crippen LogP contribution in [0.5, 0.6) is 46.0 Å². The van der Waals surface area contributed by atoms with Gasteiger partial charge in [0.15, 0.2) is 34.6 Å². The summed E-state index contributed by atoms with van der Waals surface area (Å²) in [5, 5.41) is 13.7. The third-order valence-corrected chi connectivity index (χ3v) is 9.22. The van der Waals surface area contributed by atoms with Crippen molar-refractivity contribution >= 4 is 35.0 Å². The second-order valence-corrected chi connectivity index (χ2v) is 14.4. The van der Waals surface area contributed by atoms with Gasteiger partial charge in [-0.1, -0.05) is 0 Å². The van der Waals surface area contributed by atoms with Crippen LogP contribution in [0.4, 0.5) is 81.6 Å². The molecule has 7 N–H and O–H groups in total. The highest BCUT2D eigenvalue weighted by molar-refractivity contribution is 6.08. The molecule has 0 heterocycles. The number of amides is 4. The molecule has 0 fully saturated rings. The van der Waals surface area contributed by atoms with Crippen molar-refractivity contribution in [2.45, 2.75) is 25.1 Å². The smallest absolute Gasteiger partial charge is 0.504 e. The molecule has 398 valence electrons. The summed E-state index contributed by atoms with van der Waals surface area (Å²) in [5.41, 5.74) is 1.70. The van der Waals surface area contributed by atoms with Crippen LogP contribution in [0.25, 0.3) is 0 Å². The summed E-state index contributed by atoms with van der Waals surface area (Å²) in [7, 11) is 0.988. The Morgan fingerprint density at radius 2 is 0.853 bits per heavy atom. The highest BCUT2D eigenvalue weighted by Crippen LogP contribution is 2.42.